The van der Waals surface area contributed by atoms with Crippen LogP contribution in [0.25, 0.3) is 0 Å². The second kappa shape index (κ2) is 5.16. The summed E-state index contributed by atoms with van der Waals surface area (Å²) in [5.41, 5.74) is 0. The number of piperidine rings is 1. The molecule has 7 heteroatoms. The number of β-amino-alcohol motifs (C(OH)–C–C–N with tert-alkyl or cyclic N) is 1. The number of rotatable bonds is 4. The third-order valence-electron chi connectivity index (χ3n) is 3.51. The van der Waals surface area contributed by atoms with Gasteiger partial charge in [-0.1, -0.05) is 6.08 Å². The maximum atomic E-state index is 10.8. The van der Waals surface area contributed by atoms with E-state index in [4.69, 9.17) is 9.47 Å². The van der Waals surface area contributed by atoms with E-state index in [9.17, 15) is 15.2 Å². The van der Waals surface area contributed by atoms with Crippen LogP contribution in [-0.4, -0.2) is 64.7 Å². The molecule has 2 saturated heterocycles. The monoisotopic (exact) mass is 272 g/mol. The quantitative estimate of drug-likeness (QED) is 0.441. The van der Waals surface area contributed by atoms with Crippen molar-refractivity contribution in [3.8, 4) is 0 Å². The molecule has 0 aromatic carbocycles. The Morgan fingerprint density at radius 2 is 2.16 bits per heavy atom. The predicted octanol–water partition coefficient (Wildman–Crippen LogP) is 0.0143. The summed E-state index contributed by atoms with van der Waals surface area (Å²) < 4.78 is 11.4. The molecule has 0 radical (unpaired) electrons. The van der Waals surface area contributed by atoms with Crippen LogP contribution in [0.3, 0.4) is 0 Å². The van der Waals surface area contributed by atoms with Crippen LogP contribution in [0.5, 0.6) is 0 Å². The van der Waals surface area contributed by atoms with Crippen LogP contribution in [0.1, 0.15) is 13.8 Å². The Morgan fingerprint density at radius 3 is 2.74 bits per heavy atom. The van der Waals surface area contributed by atoms with Crippen molar-refractivity contribution < 1.29 is 19.5 Å². The molecule has 4 atom stereocenters. The number of aliphatic hydroxyl groups excluding tert-OH is 1. The first kappa shape index (κ1) is 14.4. The lowest BCUT2D eigenvalue weighted by molar-refractivity contribution is -0.490. The van der Waals surface area contributed by atoms with Gasteiger partial charge in [-0.25, -0.2) is 0 Å². The van der Waals surface area contributed by atoms with E-state index in [1.165, 1.54) is 0 Å². The minimum atomic E-state index is -0.824. The van der Waals surface area contributed by atoms with Crippen LogP contribution in [0.2, 0.25) is 0 Å². The molecule has 0 spiro atoms. The SMILES string of the molecule is C=CCN1C[C@@H](O)[C@H]2OC(C)(C)O[C@H]2[C@@H]1C[N+](=O)[O-]. The van der Waals surface area contributed by atoms with Crippen molar-refractivity contribution in [2.75, 3.05) is 19.6 Å². The summed E-state index contributed by atoms with van der Waals surface area (Å²) in [5, 5.41) is 21.0. The van der Waals surface area contributed by atoms with Crippen LogP contribution in [0, 0.1) is 10.1 Å². The van der Waals surface area contributed by atoms with E-state index in [1.807, 2.05) is 4.90 Å². The van der Waals surface area contributed by atoms with Crippen molar-refractivity contribution in [3.05, 3.63) is 22.8 Å². The van der Waals surface area contributed by atoms with E-state index >= 15 is 0 Å². The third kappa shape index (κ3) is 2.94. The lowest BCUT2D eigenvalue weighted by Crippen LogP contribution is -2.62. The molecule has 0 unspecified atom stereocenters. The molecule has 7 nitrogen and oxygen atoms in total. The first-order valence-electron chi connectivity index (χ1n) is 6.34. The molecule has 2 aliphatic rings. The maximum Gasteiger partial charge on any atom is 0.221 e. The van der Waals surface area contributed by atoms with Gasteiger partial charge in [0.05, 0.1) is 6.10 Å². The highest BCUT2D eigenvalue weighted by atomic mass is 16.8. The van der Waals surface area contributed by atoms with Crippen molar-refractivity contribution in [3.63, 3.8) is 0 Å². The van der Waals surface area contributed by atoms with Gasteiger partial charge in [0.1, 0.15) is 18.2 Å². The van der Waals surface area contributed by atoms with E-state index in [1.54, 1.807) is 19.9 Å². The summed E-state index contributed by atoms with van der Waals surface area (Å²) in [4.78, 5) is 12.3. The van der Waals surface area contributed by atoms with Gasteiger partial charge < -0.3 is 14.6 Å². The Labute approximate surface area is 111 Å². The number of nitrogens with zero attached hydrogens (tertiary/aromatic N) is 2. The van der Waals surface area contributed by atoms with Crippen molar-refractivity contribution in [2.24, 2.45) is 0 Å². The van der Waals surface area contributed by atoms with E-state index in [2.05, 4.69) is 6.58 Å². The summed E-state index contributed by atoms with van der Waals surface area (Å²) >= 11 is 0. The van der Waals surface area contributed by atoms with Crippen molar-refractivity contribution >= 4 is 0 Å². The van der Waals surface area contributed by atoms with E-state index in [-0.39, 0.29) is 11.5 Å². The molecule has 0 aromatic heterocycles. The van der Waals surface area contributed by atoms with Gasteiger partial charge in [0, 0.05) is 18.0 Å². The molecule has 0 aliphatic carbocycles. The van der Waals surface area contributed by atoms with Gasteiger partial charge in [-0.3, -0.25) is 15.0 Å². The van der Waals surface area contributed by atoms with Crippen LogP contribution >= 0.6 is 0 Å². The van der Waals surface area contributed by atoms with Gasteiger partial charge in [0.25, 0.3) is 0 Å². The molecule has 2 heterocycles. The standard InChI is InChI=1S/C12H20N2O5/c1-4-5-13-7-9(15)11-10(8(13)6-14(16)17)18-12(2,3)19-11/h4,8-11,15H,1,5-7H2,2-3H3/t8-,9+,10-,11+/m0/s1. The fraction of sp³-hybridized carbons (Fsp3) is 0.833. The Kier molecular flexibility index (Phi) is 3.91. The first-order valence-corrected chi connectivity index (χ1v) is 6.34. The fourth-order valence-electron chi connectivity index (χ4n) is 2.85. The Bertz CT molecular complexity index is 373. The largest absolute Gasteiger partial charge is 0.389 e. The van der Waals surface area contributed by atoms with Crippen molar-refractivity contribution in [2.45, 2.75) is 44.0 Å². The molecule has 108 valence electrons. The number of aliphatic hydroxyl groups is 1. The van der Waals surface area contributed by atoms with Gasteiger partial charge in [0.2, 0.25) is 6.54 Å². The number of ether oxygens (including phenoxy) is 2. The Morgan fingerprint density at radius 1 is 1.53 bits per heavy atom. The summed E-state index contributed by atoms with van der Waals surface area (Å²) in [5.74, 6) is -0.824. The van der Waals surface area contributed by atoms with Crippen molar-refractivity contribution in [1.82, 2.24) is 4.90 Å². The zero-order chi connectivity index (χ0) is 14.2. The van der Waals surface area contributed by atoms with Gasteiger partial charge in [0.15, 0.2) is 5.79 Å². The highest BCUT2D eigenvalue weighted by Gasteiger charge is 2.54. The van der Waals surface area contributed by atoms with Crippen LogP contribution < -0.4 is 0 Å². The molecule has 2 rings (SSSR count). The lowest BCUT2D eigenvalue weighted by Gasteiger charge is -2.41. The molecule has 0 bridgehead atoms. The molecule has 0 aromatic rings. The topological polar surface area (TPSA) is 85.1 Å². The molecular formula is C12H20N2O5. The minimum absolute atomic E-state index is 0.235. The fourth-order valence-corrected chi connectivity index (χ4v) is 2.85. The highest BCUT2D eigenvalue weighted by Crippen LogP contribution is 2.36. The van der Waals surface area contributed by atoms with Gasteiger partial charge in [-0.05, 0) is 13.8 Å². The second-order valence-electron chi connectivity index (χ2n) is 5.46. The average Bonchev–Trinajstić information content (AvgIpc) is 2.60. The van der Waals surface area contributed by atoms with Gasteiger partial charge >= 0.3 is 0 Å². The van der Waals surface area contributed by atoms with Gasteiger partial charge in [-0.15, -0.1) is 6.58 Å². The third-order valence-corrected chi connectivity index (χ3v) is 3.51. The molecule has 19 heavy (non-hydrogen) atoms. The zero-order valence-electron chi connectivity index (χ0n) is 11.2. The van der Waals surface area contributed by atoms with Gasteiger partial charge in [-0.2, -0.15) is 0 Å². The Hall–Kier alpha value is -1.02. The summed E-state index contributed by atoms with van der Waals surface area (Å²) in [6, 6.07) is -0.414. The average molecular weight is 272 g/mol. The normalized spacial score (nSPS) is 37.8. The van der Waals surface area contributed by atoms with Crippen molar-refractivity contribution in [1.29, 1.82) is 0 Å². The maximum absolute atomic E-state index is 10.8. The molecule has 1 N–H and O–H groups in total. The summed E-state index contributed by atoms with van der Waals surface area (Å²) in [6.07, 6.45) is -0.0548. The van der Waals surface area contributed by atoms with E-state index < -0.39 is 30.1 Å². The second-order valence-corrected chi connectivity index (χ2v) is 5.46. The number of nitro groups is 1. The molecule has 2 aliphatic heterocycles. The predicted molar refractivity (Wildman–Crippen MR) is 67.3 cm³/mol. The lowest BCUT2D eigenvalue weighted by atomic mass is 9.94. The number of fused-ring (bicyclic) bond motifs is 1. The molecule has 2 fully saturated rings. The van der Waals surface area contributed by atoms with E-state index in [0.717, 1.165) is 0 Å². The smallest absolute Gasteiger partial charge is 0.221 e. The zero-order valence-corrected chi connectivity index (χ0v) is 11.2. The summed E-state index contributed by atoms with van der Waals surface area (Å²) in [6.45, 7) is 7.70. The highest BCUT2D eigenvalue weighted by molar-refractivity contribution is 5.01. The molecular weight excluding hydrogens is 252 g/mol. The molecule has 0 amide bonds. The number of hydrogen-bond donors (Lipinski definition) is 1. The number of likely N-dealkylation sites (tertiary alicyclic amines) is 1. The van der Waals surface area contributed by atoms with Crippen LogP contribution in [0.15, 0.2) is 12.7 Å². The van der Waals surface area contributed by atoms with Crippen LogP contribution in [-0.2, 0) is 9.47 Å². The number of hydrogen-bond acceptors (Lipinski definition) is 6. The van der Waals surface area contributed by atoms with E-state index in [0.29, 0.717) is 13.1 Å². The Balaban J connectivity index is 2.22. The summed E-state index contributed by atoms with van der Waals surface area (Å²) in [7, 11) is 0. The van der Waals surface area contributed by atoms with Crippen LogP contribution in [0.4, 0.5) is 0 Å². The minimum Gasteiger partial charge on any atom is -0.389 e. The first-order chi connectivity index (χ1) is 8.84. The molecule has 0 saturated carbocycles.